The SMILES string of the molecule is c1ccc2c(c1)B1c3ccccc3N(c3c4oc5ccccc5c4cc4c3oc3ccccc34)c3cccc(c31)N2c1ccc2oc3ccc4ccccc4c3c2c1. The van der Waals surface area contributed by atoms with E-state index in [1.165, 1.54) is 27.2 Å². The fourth-order valence-electron chi connectivity index (χ4n) is 10.2. The average molecular weight is 741 g/mol. The molecule has 0 saturated carbocycles. The highest BCUT2D eigenvalue weighted by Gasteiger charge is 2.44. The molecule has 58 heavy (non-hydrogen) atoms. The Hall–Kier alpha value is -7.70. The van der Waals surface area contributed by atoms with Crippen LogP contribution in [-0.4, -0.2) is 6.71 Å². The van der Waals surface area contributed by atoms with E-state index in [1.54, 1.807) is 0 Å². The van der Waals surface area contributed by atoms with Gasteiger partial charge in [-0.2, -0.15) is 0 Å². The monoisotopic (exact) mass is 740 g/mol. The maximum atomic E-state index is 6.89. The second-order valence-electron chi connectivity index (χ2n) is 15.5. The second kappa shape index (κ2) is 11.0. The number of hydrogen-bond acceptors (Lipinski definition) is 5. The standard InChI is InChI=1S/C52H29BN2O3/c1-2-13-32-30(12-1)24-26-47-48(32)37-28-31(25-27-46(37)56-47)54-40-18-7-5-16-38(40)53-39-17-6-8-19-41(39)55(43-21-11-20-42(54)49(43)53)50-51-35(33-14-3-9-22-44(33)57-51)29-36-34-15-4-10-23-45(34)58-52(36)50/h1-29H. The molecule has 5 heterocycles. The van der Waals surface area contributed by atoms with Crippen molar-refractivity contribution >= 4 is 134 Å². The summed E-state index contributed by atoms with van der Waals surface area (Å²) in [6.07, 6.45) is 0. The third-order valence-electron chi connectivity index (χ3n) is 12.6. The van der Waals surface area contributed by atoms with Crippen LogP contribution in [0, 0.1) is 0 Å². The van der Waals surface area contributed by atoms with Gasteiger partial charge in [0.05, 0.1) is 0 Å². The van der Waals surface area contributed by atoms with Crippen molar-refractivity contribution in [3.8, 4) is 0 Å². The van der Waals surface area contributed by atoms with Gasteiger partial charge in [0, 0.05) is 60.8 Å². The summed E-state index contributed by atoms with van der Waals surface area (Å²) in [6.45, 7) is -0.00503. The highest BCUT2D eigenvalue weighted by molar-refractivity contribution is 7.00. The first-order chi connectivity index (χ1) is 28.8. The van der Waals surface area contributed by atoms with E-state index in [4.69, 9.17) is 13.3 Å². The lowest BCUT2D eigenvalue weighted by molar-refractivity contribution is 0.656. The van der Waals surface area contributed by atoms with Gasteiger partial charge >= 0.3 is 0 Å². The number of fused-ring (bicyclic) bond motifs is 15. The van der Waals surface area contributed by atoms with Crippen LogP contribution in [0.5, 0.6) is 0 Å². The average Bonchev–Trinajstić information content (AvgIpc) is 3.97. The largest absolute Gasteiger partial charge is 0.456 e. The Bertz CT molecular complexity index is 3650. The Morgan fingerprint density at radius 2 is 0.914 bits per heavy atom. The van der Waals surface area contributed by atoms with Crippen molar-refractivity contribution in [3.05, 3.63) is 176 Å². The zero-order valence-electron chi connectivity index (χ0n) is 30.9. The Balaban J connectivity index is 1.08. The molecule has 9 aromatic carbocycles. The molecule has 0 saturated heterocycles. The summed E-state index contributed by atoms with van der Waals surface area (Å²) in [7, 11) is 0. The first-order valence-corrected chi connectivity index (χ1v) is 19.8. The van der Waals surface area contributed by atoms with Gasteiger partial charge < -0.3 is 23.1 Å². The second-order valence-corrected chi connectivity index (χ2v) is 15.5. The van der Waals surface area contributed by atoms with Crippen LogP contribution in [0.2, 0.25) is 0 Å². The van der Waals surface area contributed by atoms with Gasteiger partial charge in [-0.1, -0.05) is 109 Å². The van der Waals surface area contributed by atoms with E-state index >= 15 is 0 Å². The molecule has 2 aliphatic heterocycles. The number of hydrogen-bond donors (Lipinski definition) is 0. The van der Waals surface area contributed by atoms with Gasteiger partial charge in [-0.05, 0) is 93.9 Å². The molecule has 0 N–H and O–H groups in total. The molecule has 0 spiro atoms. The van der Waals surface area contributed by atoms with Crippen molar-refractivity contribution in [2.45, 2.75) is 0 Å². The number of rotatable bonds is 2. The van der Waals surface area contributed by atoms with Crippen molar-refractivity contribution in [2.24, 2.45) is 0 Å². The molecule has 3 aromatic heterocycles. The van der Waals surface area contributed by atoms with E-state index in [1.807, 2.05) is 12.1 Å². The lowest BCUT2D eigenvalue weighted by atomic mass is 9.33. The molecule has 0 radical (unpaired) electrons. The van der Waals surface area contributed by atoms with Crippen molar-refractivity contribution in [1.82, 2.24) is 0 Å². The van der Waals surface area contributed by atoms with Gasteiger partial charge in [0.25, 0.3) is 6.71 Å². The molecular weight excluding hydrogens is 711 g/mol. The summed E-state index contributed by atoms with van der Waals surface area (Å²) >= 11 is 0. The predicted octanol–water partition coefficient (Wildman–Crippen LogP) is 12.6. The topological polar surface area (TPSA) is 45.9 Å². The molecule has 0 bridgehead atoms. The minimum Gasteiger partial charge on any atom is -0.456 e. The van der Waals surface area contributed by atoms with Gasteiger partial charge in [-0.25, -0.2) is 0 Å². The maximum Gasteiger partial charge on any atom is 0.252 e. The molecule has 2 aliphatic rings. The zero-order chi connectivity index (χ0) is 37.6. The smallest absolute Gasteiger partial charge is 0.252 e. The molecule has 12 aromatic rings. The van der Waals surface area contributed by atoms with Crippen LogP contribution < -0.4 is 26.2 Å². The van der Waals surface area contributed by atoms with Gasteiger partial charge in [-0.15, -0.1) is 0 Å². The van der Waals surface area contributed by atoms with Crippen LogP contribution in [0.1, 0.15) is 0 Å². The van der Waals surface area contributed by atoms with E-state index in [-0.39, 0.29) is 6.71 Å². The van der Waals surface area contributed by atoms with Gasteiger partial charge in [-0.3, -0.25) is 0 Å². The molecular formula is C52H29BN2O3. The molecule has 0 unspecified atom stereocenters. The van der Waals surface area contributed by atoms with Gasteiger partial charge in [0.1, 0.15) is 28.0 Å². The van der Waals surface area contributed by atoms with Crippen LogP contribution in [0.4, 0.5) is 34.1 Å². The van der Waals surface area contributed by atoms with Crippen molar-refractivity contribution < 1.29 is 13.3 Å². The summed E-state index contributed by atoms with van der Waals surface area (Å²) in [4.78, 5) is 4.85. The summed E-state index contributed by atoms with van der Waals surface area (Å²) < 4.78 is 20.3. The van der Waals surface area contributed by atoms with Crippen LogP contribution in [0.3, 0.4) is 0 Å². The molecule has 6 heteroatoms. The molecule has 14 rings (SSSR count). The fraction of sp³-hybridized carbons (Fsp3) is 0. The summed E-state index contributed by atoms with van der Waals surface area (Å²) in [5.41, 5.74) is 15.3. The number of benzene rings is 9. The van der Waals surface area contributed by atoms with Crippen LogP contribution >= 0.6 is 0 Å². The van der Waals surface area contributed by atoms with Gasteiger partial charge in [0.2, 0.25) is 0 Å². The van der Waals surface area contributed by atoms with Crippen LogP contribution in [-0.2, 0) is 0 Å². The lowest BCUT2D eigenvalue weighted by Gasteiger charge is -2.43. The summed E-state index contributed by atoms with van der Waals surface area (Å²) in [5, 5.41) is 8.92. The predicted molar refractivity (Wildman–Crippen MR) is 240 cm³/mol. The Kier molecular flexibility index (Phi) is 5.78. The van der Waals surface area contributed by atoms with E-state index in [0.717, 1.165) is 99.9 Å². The van der Waals surface area contributed by atoms with Gasteiger partial charge in [0.15, 0.2) is 11.2 Å². The molecule has 0 fully saturated rings. The molecule has 5 nitrogen and oxygen atoms in total. The lowest BCUT2D eigenvalue weighted by Crippen LogP contribution is -2.61. The van der Waals surface area contributed by atoms with Crippen molar-refractivity contribution in [2.75, 3.05) is 9.80 Å². The van der Waals surface area contributed by atoms with Crippen molar-refractivity contribution in [1.29, 1.82) is 0 Å². The first kappa shape index (κ1) is 30.5. The summed E-state index contributed by atoms with van der Waals surface area (Å²) in [5.74, 6) is 0. The van der Waals surface area contributed by atoms with E-state index in [2.05, 4.69) is 174 Å². The first-order valence-electron chi connectivity index (χ1n) is 19.8. The van der Waals surface area contributed by atoms with Crippen LogP contribution in [0.15, 0.2) is 189 Å². The Morgan fingerprint density at radius 3 is 1.64 bits per heavy atom. The normalized spacial score (nSPS) is 13.4. The minimum absolute atomic E-state index is 0.00503. The van der Waals surface area contributed by atoms with E-state index in [0.29, 0.717) is 0 Å². The highest BCUT2D eigenvalue weighted by Crippen LogP contribution is 2.51. The summed E-state index contributed by atoms with van der Waals surface area (Å²) in [6, 6.07) is 62.9. The fourth-order valence-corrected chi connectivity index (χ4v) is 10.2. The molecule has 0 aliphatic carbocycles. The molecule has 268 valence electrons. The van der Waals surface area contributed by atoms with Crippen molar-refractivity contribution in [3.63, 3.8) is 0 Å². The van der Waals surface area contributed by atoms with E-state index in [9.17, 15) is 0 Å². The van der Waals surface area contributed by atoms with Crippen LogP contribution in [0.25, 0.3) is 76.6 Å². The maximum absolute atomic E-state index is 6.89. The quantitative estimate of drug-likeness (QED) is 0.165. The minimum atomic E-state index is -0.00503. The molecule has 0 amide bonds. The number of anilines is 6. The third-order valence-corrected chi connectivity index (χ3v) is 12.6. The third kappa shape index (κ3) is 3.86. The molecule has 0 atom stereocenters. The van der Waals surface area contributed by atoms with E-state index < -0.39 is 0 Å². The zero-order valence-corrected chi connectivity index (χ0v) is 30.9. The Morgan fingerprint density at radius 1 is 0.362 bits per heavy atom. The number of furan rings is 3. The number of para-hydroxylation sites is 4. The Labute approximate surface area is 331 Å². The number of nitrogens with zero attached hydrogens (tertiary/aromatic N) is 2. The highest BCUT2D eigenvalue weighted by atomic mass is 16.3.